The minimum atomic E-state index is 0. The van der Waals surface area contributed by atoms with Crippen molar-refractivity contribution in [1.82, 2.24) is 10.2 Å². The Morgan fingerprint density at radius 1 is 1.33 bits per heavy atom. The van der Waals surface area contributed by atoms with Crippen LogP contribution in [0.25, 0.3) is 0 Å². The van der Waals surface area contributed by atoms with E-state index in [0.29, 0.717) is 40.8 Å². The number of likely N-dealkylation sites (tertiary alicyclic amines) is 1. The highest BCUT2D eigenvalue weighted by Gasteiger charge is 2.31. The number of nitrogens with zero attached hydrogens (tertiary/aromatic N) is 1. The Morgan fingerprint density at radius 2 is 2.08 bits per heavy atom. The van der Waals surface area contributed by atoms with Gasteiger partial charge in [0, 0.05) is 30.7 Å². The summed E-state index contributed by atoms with van der Waals surface area (Å²) in [5, 5.41) is 3.99. The van der Waals surface area contributed by atoms with Crippen molar-refractivity contribution in [1.29, 1.82) is 0 Å². The number of fused-ring (bicyclic) bond motifs is 2. The first-order valence-corrected chi connectivity index (χ1v) is 8.55. The zero-order valence-corrected chi connectivity index (χ0v) is 15.6. The third-order valence-electron chi connectivity index (χ3n) is 4.58. The minimum Gasteiger partial charge on any atom is -0.493 e. The van der Waals surface area contributed by atoms with Crippen molar-refractivity contribution in [2.75, 3.05) is 26.8 Å². The van der Waals surface area contributed by atoms with Gasteiger partial charge in [-0.05, 0) is 38.3 Å². The summed E-state index contributed by atoms with van der Waals surface area (Å²) in [5.41, 5.74) is 0.549. The number of methoxy groups -OCH3 is 1. The van der Waals surface area contributed by atoms with Gasteiger partial charge in [-0.15, -0.1) is 12.4 Å². The fourth-order valence-electron chi connectivity index (χ4n) is 3.44. The lowest BCUT2D eigenvalue weighted by molar-refractivity contribution is 0.0747. The number of ether oxygens (including phenoxy) is 2. The molecule has 2 bridgehead atoms. The average Bonchev–Trinajstić information content (AvgIpc) is 2.87. The largest absolute Gasteiger partial charge is 0.493 e. The SMILES string of the molecule is CCOc1c(Cl)cc(C(=O)N2CCC3CCC(C2)N3)cc1OC.Cl. The molecule has 7 heteroatoms. The number of hydrogen-bond donors (Lipinski definition) is 1. The summed E-state index contributed by atoms with van der Waals surface area (Å²) in [6, 6.07) is 4.35. The molecule has 2 fully saturated rings. The maximum atomic E-state index is 12.9. The zero-order valence-electron chi connectivity index (χ0n) is 14.0. The third kappa shape index (κ3) is 3.90. The predicted molar refractivity (Wildman–Crippen MR) is 96.9 cm³/mol. The van der Waals surface area contributed by atoms with E-state index in [0.717, 1.165) is 25.9 Å². The van der Waals surface area contributed by atoms with E-state index in [4.69, 9.17) is 21.1 Å². The van der Waals surface area contributed by atoms with Crippen LogP contribution in [0, 0.1) is 0 Å². The van der Waals surface area contributed by atoms with Crippen LogP contribution < -0.4 is 14.8 Å². The molecule has 24 heavy (non-hydrogen) atoms. The molecule has 3 rings (SSSR count). The van der Waals surface area contributed by atoms with Crippen LogP contribution in [0.15, 0.2) is 12.1 Å². The van der Waals surface area contributed by atoms with Gasteiger partial charge in [0.1, 0.15) is 0 Å². The first-order valence-electron chi connectivity index (χ1n) is 8.18. The van der Waals surface area contributed by atoms with Gasteiger partial charge >= 0.3 is 0 Å². The van der Waals surface area contributed by atoms with Gasteiger partial charge in [-0.3, -0.25) is 4.79 Å². The van der Waals surface area contributed by atoms with Crippen molar-refractivity contribution in [2.24, 2.45) is 0 Å². The van der Waals surface area contributed by atoms with Crippen LogP contribution in [0.3, 0.4) is 0 Å². The average molecular weight is 375 g/mol. The second-order valence-corrected chi connectivity index (χ2v) is 6.51. The molecule has 2 unspecified atom stereocenters. The van der Waals surface area contributed by atoms with Crippen molar-refractivity contribution in [3.05, 3.63) is 22.7 Å². The molecule has 1 N–H and O–H groups in total. The maximum absolute atomic E-state index is 12.9. The summed E-state index contributed by atoms with van der Waals surface area (Å²) in [6.07, 6.45) is 3.36. The molecule has 0 radical (unpaired) electrons. The van der Waals surface area contributed by atoms with Gasteiger partial charge in [-0.25, -0.2) is 0 Å². The quantitative estimate of drug-likeness (QED) is 0.879. The molecule has 0 aromatic heterocycles. The normalized spacial score (nSPS) is 22.5. The fourth-order valence-corrected chi connectivity index (χ4v) is 3.70. The first-order chi connectivity index (χ1) is 11.1. The van der Waals surface area contributed by atoms with Gasteiger partial charge < -0.3 is 19.7 Å². The number of amides is 1. The standard InChI is InChI=1S/C17H23ClN2O3.ClH/c1-3-23-16-14(18)8-11(9-15(16)22-2)17(21)20-7-6-12-4-5-13(10-20)19-12;/h8-9,12-13,19H,3-7,10H2,1-2H3;1H. The number of carbonyl (C=O) groups excluding carboxylic acids is 1. The molecule has 1 aromatic rings. The molecule has 2 aliphatic rings. The molecule has 1 amide bonds. The Kier molecular flexibility index (Phi) is 6.61. The van der Waals surface area contributed by atoms with Gasteiger partial charge in [-0.2, -0.15) is 0 Å². The summed E-state index contributed by atoms with van der Waals surface area (Å²) in [6.45, 7) is 3.90. The molecule has 2 saturated heterocycles. The van der Waals surface area contributed by atoms with E-state index in [1.165, 1.54) is 6.42 Å². The Balaban J connectivity index is 0.00000208. The molecule has 5 nitrogen and oxygen atoms in total. The van der Waals surface area contributed by atoms with Crippen LogP contribution in [0.5, 0.6) is 11.5 Å². The summed E-state index contributed by atoms with van der Waals surface area (Å²) in [4.78, 5) is 14.8. The van der Waals surface area contributed by atoms with E-state index in [1.54, 1.807) is 19.2 Å². The first kappa shape index (κ1) is 19.2. The zero-order chi connectivity index (χ0) is 16.4. The van der Waals surface area contributed by atoms with Crippen LogP contribution in [0.4, 0.5) is 0 Å². The Bertz CT molecular complexity index is 597. The molecule has 134 valence electrons. The Labute approximate surface area is 154 Å². The van der Waals surface area contributed by atoms with Crippen molar-refractivity contribution in [3.8, 4) is 11.5 Å². The van der Waals surface area contributed by atoms with E-state index >= 15 is 0 Å². The molecular weight excluding hydrogens is 351 g/mol. The summed E-state index contributed by atoms with van der Waals surface area (Å²) >= 11 is 6.28. The second-order valence-electron chi connectivity index (χ2n) is 6.10. The highest BCUT2D eigenvalue weighted by atomic mass is 35.5. The summed E-state index contributed by atoms with van der Waals surface area (Å²) < 4.78 is 10.8. The number of carbonyl (C=O) groups is 1. The van der Waals surface area contributed by atoms with E-state index in [2.05, 4.69) is 5.32 Å². The smallest absolute Gasteiger partial charge is 0.254 e. The highest BCUT2D eigenvalue weighted by molar-refractivity contribution is 6.32. The Morgan fingerprint density at radius 3 is 2.79 bits per heavy atom. The van der Waals surface area contributed by atoms with Crippen molar-refractivity contribution in [3.63, 3.8) is 0 Å². The van der Waals surface area contributed by atoms with E-state index in [-0.39, 0.29) is 18.3 Å². The lowest BCUT2D eigenvalue weighted by atomic mass is 10.1. The molecular formula is C17H24Cl2N2O3. The van der Waals surface area contributed by atoms with Gasteiger partial charge in [0.2, 0.25) is 0 Å². The van der Waals surface area contributed by atoms with Crippen LogP contribution >= 0.6 is 24.0 Å². The molecule has 0 saturated carbocycles. The molecule has 0 aliphatic carbocycles. The molecule has 0 spiro atoms. The Hall–Kier alpha value is -1.17. The van der Waals surface area contributed by atoms with Crippen LogP contribution in [0.2, 0.25) is 5.02 Å². The number of nitrogens with one attached hydrogen (secondary N) is 1. The number of rotatable bonds is 4. The fraction of sp³-hybridized carbons (Fsp3) is 0.588. The summed E-state index contributed by atoms with van der Waals surface area (Å²) in [5.74, 6) is 0.990. The highest BCUT2D eigenvalue weighted by Crippen LogP contribution is 2.37. The maximum Gasteiger partial charge on any atom is 0.254 e. The van der Waals surface area contributed by atoms with Crippen LogP contribution in [-0.4, -0.2) is 49.7 Å². The van der Waals surface area contributed by atoms with Gasteiger partial charge in [0.15, 0.2) is 11.5 Å². The van der Waals surface area contributed by atoms with E-state index < -0.39 is 0 Å². The third-order valence-corrected chi connectivity index (χ3v) is 4.86. The van der Waals surface area contributed by atoms with Crippen LogP contribution in [-0.2, 0) is 0 Å². The number of halogens is 2. The molecule has 2 atom stereocenters. The van der Waals surface area contributed by atoms with Crippen molar-refractivity contribution < 1.29 is 14.3 Å². The number of benzene rings is 1. The van der Waals surface area contributed by atoms with Gasteiger partial charge in [0.25, 0.3) is 5.91 Å². The van der Waals surface area contributed by atoms with E-state index in [1.807, 2.05) is 11.8 Å². The van der Waals surface area contributed by atoms with Crippen molar-refractivity contribution in [2.45, 2.75) is 38.3 Å². The predicted octanol–water partition coefficient (Wildman–Crippen LogP) is 3.14. The summed E-state index contributed by atoms with van der Waals surface area (Å²) in [7, 11) is 1.55. The molecule has 2 heterocycles. The number of hydrogen-bond acceptors (Lipinski definition) is 4. The second kappa shape index (κ2) is 8.28. The van der Waals surface area contributed by atoms with Crippen molar-refractivity contribution >= 4 is 29.9 Å². The van der Waals surface area contributed by atoms with E-state index in [9.17, 15) is 4.79 Å². The molecule has 2 aliphatic heterocycles. The lowest BCUT2D eigenvalue weighted by Crippen LogP contribution is -2.39. The van der Waals surface area contributed by atoms with Gasteiger partial charge in [-0.1, -0.05) is 11.6 Å². The van der Waals surface area contributed by atoms with Crippen LogP contribution in [0.1, 0.15) is 36.5 Å². The minimum absolute atomic E-state index is 0. The molecule has 1 aromatic carbocycles. The topological polar surface area (TPSA) is 50.8 Å². The monoisotopic (exact) mass is 374 g/mol. The van der Waals surface area contributed by atoms with Gasteiger partial charge in [0.05, 0.1) is 18.7 Å². The lowest BCUT2D eigenvalue weighted by Gasteiger charge is -2.25.